The standard InChI is InChI=1S/C13H17P/c1-4-9-7-10-8-14-12(6-3)13(10)11(9)5-2/h7-8H,4-6H2,1-3H3. The predicted molar refractivity (Wildman–Crippen MR) is 66.0 cm³/mol. The van der Waals surface area contributed by atoms with Crippen LogP contribution in [0.3, 0.4) is 0 Å². The molecule has 0 aromatic carbocycles. The van der Waals surface area contributed by atoms with Crippen LogP contribution in [-0.2, 0) is 0 Å². The second kappa shape index (κ2) is 3.87. The van der Waals surface area contributed by atoms with E-state index in [1.165, 1.54) is 33.0 Å². The Balaban J connectivity index is 2.49. The Bertz CT molecular complexity index is 378. The van der Waals surface area contributed by atoms with Gasteiger partial charge in [0.25, 0.3) is 0 Å². The van der Waals surface area contributed by atoms with Crippen molar-refractivity contribution in [2.75, 3.05) is 0 Å². The maximum atomic E-state index is 2.39. The van der Waals surface area contributed by atoms with E-state index in [-0.39, 0.29) is 0 Å². The summed E-state index contributed by atoms with van der Waals surface area (Å²) in [5.74, 6) is 2.37. The van der Waals surface area contributed by atoms with E-state index in [9.17, 15) is 0 Å². The van der Waals surface area contributed by atoms with Crippen molar-refractivity contribution in [3.8, 4) is 0 Å². The third-order valence-electron chi connectivity index (χ3n) is 3.03. The van der Waals surface area contributed by atoms with Crippen LogP contribution in [0.2, 0.25) is 0 Å². The summed E-state index contributed by atoms with van der Waals surface area (Å²) in [4.78, 5) is 0. The highest BCUT2D eigenvalue weighted by Crippen LogP contribution is 2.44. The van der Waals surface area contributed by atoms with Crippen molar-refractivity contribution in [1.29, 1.82) is 0 Å². The molecule has 14 heavy (non-hydrogen) atoms. The van der Waals surface area contributed by atoms with Gasteiger partial charge in [-0.05, 0) is 52.7 Å². The fourth-order valence-electron chi connectivity index (χ4n) is 2.32. The van der Waals surface area contributed by atoms with Crippen LogP contribution in [0.4, 0.5) is 0 Å². The summed E-state index contributed by atoms with van der Waals surface area (Å²) in [6.45, 7) is 6.80. The first-order chi connectivity index (χ1) is 6.81. The van der Waals surface area contributed by atoms with Crippen LogP contribution >= 0.6 is 8.20 Å². The van der Waals surface area contributed by atoms with Gasteiger partial charge in [-0.2, -0.15) is 0 Å². The van der Waals surface area contributed by atoms with E-state index >= 15 is 0 Å². The lowest BCUT2D eigenvalue weighted by Crippen LogP contribution is -1.89. The molecule has 0 unspecified atom stereocenters. The van der Waals surface area contributed by atoms with Crippen LogP contribution in [0.1, 0.15) is 40.0 Å². The number of hydrogen-bond acceptors (Lipinski definition) is 0. The Labute approximate surface area is 88.2 Å². The minimum absolute atomic E-state index is 1.18. The minimum atomic E-state index is 1.18. The summed E-state index contributed by atoms with van der Waals surface area (Å²) in [6, 6.07) is 0. The molecule has 2 aliphatic rings. The van der Waals surface area contributed by atoms with Gasteiger partial charge in [-0.1, -0.05) is 35.1 Å². The zero-order valence-electron chi connectivity index (χ0n) is 9.22. The Hall–Kier alpha value is -0.610. The van der Waals surface area contributed by atoms with Crippen molar-refractivity contribution >= 4 is 14.0 Å². The number of allylic oxidation sites excluding steroid dienone is 6. The van der Waals surface area contributed by atoms with Crippen LogP contribution in [0.15, 0.2) is 33.7 Å². The molecule has 0 N–H and O–H groups in total. The first kappa shape index (κ1) is 9.93. The monoisotopic (exact) mass is 204 g/mol. The second-order valence-corrected chi connectivity index (χ2v) is 4.80. The molecule has 0 atom stereocenters. The highest BCUT2D eigenvalue weighted by Gasteiger charge is 2.23. The molecule has 1 heterocycles. The van der Waals surface area contributed by atoms with Gasteiger partial charge in [0.05, 0.1) is 0 Å². The Morgan fingerprint density at radius 3 is 2.43 bits per heavy atom. The van der Waals surface area contributed by atoms with Gasteiger partial charge in [-0.15, -0.1) is 0 Å². The van der Waals surface area contributed by atoms with Crippen molar-refractivity contribution in [3.63, 3.8) is 0 Å². The van der Waals surface area contributed by atoms with Gasteiger partial charge in [-0.25, -0.2) is 0 Å². The molecule has 0 saturated heterocycles. The van der Waals surface area contributed by atoms with E-state index < -0.39 is 0 Å². The highest BCUT2D eigenvalue weighted by molar-refractivity contribution is 7.44. The van der Waals surface area contributed by atoms with Gasteiger partial charge in [-0.3, -0.25) is 0 Å². The molecule has 0 amide bonds. The second-order valence-electron chi connectivity index (χ2n) is 3.74. The zero-order chi connectivity index (χ0) is 10.1. The third kappa shape index (κ3) is 1.33. The molecule has 1 heteroatoms. The molecule has 0 fully saturated rings. The summed E-state index contributed by atoms with van der Waals surface area (Å²) in [5.41, 5.74) is 6.26. The maximum Gasteiger partial charge on any atom is -0.00680 e. The molecule has 2 rings (SSSR count). The van der Waals surface area contributed by atoms with Gasteiger partial charge in [0, 0.05) is 0 Å². The van der Waals surface area contributed by atoms with Gasteiger partial charge in [0.1, 0.15) is 0 Å². The van der Waals surface area contributed by atoms with Crippen LogP contribution in [-0.4, -0.2) is 5.80 Å². The van der Waals surface area contributed by atoms with Crippen molar-refractivity contribution < 1.29 is 0 Å². The Morgan fingerprint density at radius 2 is 1.86 bits per heavy atom. The molecule has 74 valence electrons. The molecule has 1 aliphatic heterocycles. The van der Waals surface area contributed by atoms with Crippen molar-refractivity contribution in [1.82, 2.24) is 0 Å². The van der Waals surface area contributed by atoms with Crippen LogP contribution < -0.4 is 0 Å². The molecule has 0 saturated carbocycles. The first-order valence-electron chi connectivity index (χ1n) is 5.53. The summed E-state index contributed by atoms with van der Waals surface area (Å²) in [7, 11) is 1.43. The Kier molecular flexibility index (Phi) is 2.74. The first-order valence-corrected chi connectivity index (χ1v) is 6.49. The molecule has 0 aromatic rings. The van der Waals surface area contributed by atoms with Crippen LogP contribution in [0, 0.1) is 0 Å². The average Bonchev–Trinajstić information content (AvgIpc) is 2.74. The summed E-state index contributed by atoms with van der Waals surface area (Å²) < 4.78 is 0. The fraction of sp³-hybridized carbons (Fsp3) is 0.462. The van der Waals surface area contributed by atoms with Crippen LogP contribution in [0.5, 0.6) is 0 Å². The quantitative estimate of drug-likeness (QED) is 0.595. The number of hydrogen-bond donors (Lipinski definition) is 0. The molecular formula is C13H17P. The lowest BCUT2D eigenvalue weighted by atomic mass is 9.99. The maximum absolute atomic E-state index is 2.39. The number of rotatable bonds is 3. The fourth-order valence-corrected chi connectivity index (χ4v) is 3.40. The smallest absolute Gasteiger partial charge is 0.00680 e. The Morgan fingerprint density at radius 1 is 1.07 bits per heavy atom. The van der Waals surface area contributed by atoms with Crippen LogP contribution in [0.25, 0.3) is 0 Å². The van der Waals surface area contributed by atoms with Gasteiger partial charge in [0.2, 0.25) is 0 Å². The van der Waals surface area contributed by atoms with Crippen molar-refractivity contribution in [2.24, 2.45) is 0 Å². The molecular weight excluding hydrogens is 187 g/mol. The van der Waals surface area contributed by atoms with Crippen molar-refractivity contribution in [2.45, 2.75) is 40.0 Å². The van der Waals surface area contributed by atoms with E-state index in [0.717, 1.165) is 0 Å². The number of fused-ring (bicyclic) bond motifs is 1. The van der Waals surface area contributed by atoms with E-state index in [2.05, 4.69) is 32.6 Å². The van der Waals surface area contributed by atoms with E-state index in [4.69, 9.17) is 0 Å². The van der Waals surface area contributed by atoms with Gasteiger partial charge >= 0.3 is 0 Å². The van der Waals surface area contributed by atoms with E-state index in [1.807, 2.05) is 0 Å². The normalized spacial score (nSPS) is 20.6. The molecule has 0 bridgehead atoms. The third-order valence-corrected chi connectivity index (χ3v) is 4.28. The molecule has 0 radical (unpaired) electrons. The van der Waals surface area contributed by atoms with Gasteiger partial charge in [0.15, 0.2) is 0 Å². The van der Waals surface area contributed by atoms with E-state index in [1.54, 1.807) is 22.0 Å². The van der Waals surface area contributed by atoms with Gasteiger partial charge < -0.3 is 0 Å². The lowest BCUT2D eigenvalue weighted by Gasteiger charge is -2.07. The zero-order valence-corrected chi connectivity index (χ0v) is 10.1. The van der Waals surface area contributed by atoms with Crippen molar-refractivity contribution in [3.05, 3.63) is 33.7 Å². The molecule has 1 aliphatic carbocycles. The molecule has 0 aromatic heterocycles. The SMILES string of the molecule is CCC1=C(CC)C2=C(CC)P=CC2=C1. The largest absolute Gasteiger partial charge is 0.0716 e. The minimum Gasteiger partial charge on any atom is -0.0716 e. The highest BCUT2D eigenvalue weighted by atomic mass is 31.1. The van der Waals surface area contributed by atoms with E-state index in [0.29, 0.717) is 0 Å². The summed E-state index contributed by atoms with van der Waals surface area (Å²) in [6.07, 6.45) is 5.96. The topological polar surface area (TPSA) is 0 Å². The predicted octanol–water partition coefficient (Wildman–Crippen LogP) is 4.47. The summed E-state index contributed by atoms with van der Waals surface area (Å²) >= 11 is 0. The molecule has 0 spiro atoms. The molecule has 0 nitrogen and oxygen atoms in total. The lowest BCUT2D eigenvalue weighted by molar-refractivity contribution is 1.04. The summed E-state index contributed by atoms with van der Waals surface area (Å²) in [5, 5.41) is 1.62. The average molecular weight is 204 g/mol.